The average molecular weight is 1060 g/mol. The molecular formula is C54H66N10O13. The van der Waals surface area contributed by atoms with E-state index in [-0.39, 0.29) is 37.9 Å². The first kappa shape index (κ1) is 59.0. The van der Waals surface area contributed by atoms with Gasteiger partial charge < -0.3 is 68.6 Å². The Morgan fingerprint density at radius 1 is 0.636 bits per heavy atom. The number of unbranched alkanes of at least 4 members (excludes halogenated alkanes) is 1. The molecule has 0 unspecified atom stereocenters. The van der Waals surface area contributed by atoms with E-state index < -0.39 is 121 Å². The van der Waals surface area contributed by atoms with Gasteiger partial charge >= 0.3 is 11.9 Å². The minimum atomic E-state index is -1.73. The first-order valence-corrected chi connectivity index (χ1v) is 25.0. The smallest absolute Gasteiger partial charge is 0.305 e. The molecule has 8 amide bonds. The van der Waals surface area contributed by atoms with Crippen molar-refractivity contribution in [2.24, 2.45) is 11.5 Å². The second-order valence-corrected chi connectivity index (χ2v) is 18.7. The quantitative estimate of drug-likeness (QED) is 0.0315. The normalized spacial score (nSPS) is 13.8. The van der Waals surface area contributed by atoms with Gasteiger partial charge in [-0.05, 0) is 65.4 Å². The van der Waals surface area contributed by atoms with Crippen LogP contribution in [0.15, 0.2) is 97.2 Å². The maximum Gasteiger partial charge on any atom is 0.305 e. The minimum absolute atomic E-state index is 0.0365. The number of carboxylic acids is 2. The highest BCUT2D eigenvalue weighted by molar-refractivity contribution is 5.98. The molecule has 0 aliphatic rings. The van der Waals surface area contributed by atoms with E-state index >= 15 is 0 Å². The summed E-state index contributed by atoms with van der Waals surface area (Å²) in [5.41, 5.74) is 14.0. The molecule has 0 aliphatic heterocycles. The molecule has 77 heavy (non-hydrogen) atoms. The number of H-pyrrole nitrogens is 1. The van der Waals surface area contributed by atoms with E-state index in [9.17, 15) is 58.2 Å². The molecule has 1 aromatic heterocycles. The highest BCUT2D eigenvalue weighted by atomic mass is 16.4. The number of likely N-dealkylation sites (N-methyl/N-ethyl adjacent to an activating group) is 1. The summed E-state index contributed by atoms with van der Waals surface area (Å²) in [6.07, 6.45) is 0.801. The van der Waals surface area contributed by atoms with Crippen LogP contribution in [-0.2, 0) is 67.2 Å². The molecule has 14 N–H and O–H groups in total. The molecule has 410 valence electrons. The van der Waals surface area contributed by atoms with Gasteiger partial charge in [0, 0.05) is 49.8 Å². The van der Waals surface area contributed by atoms with Crippen LogP contribution in [-0.4, -0.2) is 140 Å². The maximum absolute atomic E-state index is 14.8. The molecule has 7 atom stereocenters. The highest BCUT2D eigenvalue weighted by Crippen LogP contribution is 2.22. The van der Waals surface area contributed by atoms with E-state index in [0.29, 0.717) is 34.9 Å². The summed E-state index contributed by atoms with van der Waals surface area (Å²) >= 11 is 0. The van der Waals surface area contributed by atoms with Crippen LogP contribution in [0.3, 0.4) is 0 Å². The fraction of sp³-hybridized carbons (Fsp3) is 0.370. The highest BCUT2D eigenvalue weighted by Gasteiger charge is 2.36. The molecule has 0 bridgehead atoms. The number of aromatic nitrogens is 1. The second kappa shape index (κ2) is 28.2. The van der Waals surface area contributed by atoms with Gasteiger partial charge in [0.2, 0.25) is 47.3 Å². The summed E-state index contributed by atoms with van der Waals surface area (Å²) in [7, 11) is 1.32. The van der Waals surface area contributed by atoms with E-state index in [1.807, 2.05) is 37.3 Å². The number of primary amides is 1. The number of aromatic hydroxyl groups is 1. The Morgan fingerprint density at radius 3 is 1.95 bits per heavy atom. The fourth-order valence-corrected chi connectivity index (χ4v) is 8.56. The molecule has 1 heterocycles. The van der Waals surface area contributed by atoms with E-state index in [4.69, 9.17) is 16.6 Å². The van der Waals surface area contributed by atoms with Crippen molar-refractivity contribution in [3.63, 3.8) is 0 Å². The van der Waals surface area contributed by atoms with Gasteiger partial charge in [0.15, 0.2) is 0 Å². The number of aliphatic carboxylic acids is 2. The van der Waals surface area contributed by atoms with Crippen molar-refractivity contribution < 1.29 is 63.3 Å². The number of nitrogens with two attached hydrogens (primary N) is 2. The zero-order chi connectivity index (χ0) is 56.3. The number of hydrogen-bond donors (Lipinski definition) is 12. The summed E-state index contributed by atoms with van der Waals surface area (Å²) in [6, 6.07) is 16.0. The van der Waals surface area contributed by atoms with Crippen LogP contribution < -0.4 is 43.4 Å². The largest absolute Gasteiger partial charge is 0.508 e. The van der Waals surface area contributed by atoms with Gasteiger partial charge in [-0.1, -0.05) is 92.6 Å². The van der Waals surface area contributed by atoms with Crippen LogP contribution in [0.4, 0.5) is 0 Å². The van der Waals surface area contributed by atoms with Gasteiger partial charge in [0.25, 0.3) is 0 Å². The van der Waals surface area contributed by atoms with E-state index in [1.54, 1.807) is 42.6 Å². The van der Waals surface area contributed by atoms with E-state index in [1.165, 1.54) is 38.2 Å². The van der Waals surface area contributed by atoms with Crippen LogP contribution in [0, 0.1) is 0 Å². The molecule has 0 aliphatic carbocycles. The molecule has 0 saturated heterocycles. The number of carbonyl (C=O) groups excluding carboxylic acids is 8. The van der Waals surface area contributed by atoms with Crippen molar-refractivity contribution in [2.45, 2.75) is 114 Å². The summed E-state index contributed by atoms with van der Waals surface area (Å²) < 4.78 is 0. The number of carboxylic acid groups (broad SMARTS) is 2. The first-order chi connectivity index (χ1) is 36.6. The van der Waals surface area contributed by atoms with Crippen LogP contribution >= 0.6 is 0 Å². The summed E-state index contributed by atoms with van der Waals surface area (Å²) in [5.74, 6) is -9.65. The van der Waals surface area contributed by atoms with Crippen LogP contribution in [0.2, 0.25) is 0 Å². The molecule has 23 heteroatoms. The molecule has 5 aromatic rings. The number of fused-ring (bicyclic) bond motifs is 2. The summed E-state index contributed by atoms with van der Waals surface area (Å²) in [5, 5.41) is 46.1. The molecule has 4 aromatic carbocycles. The minimum Gasteiger partial charge on any atom is -0.508 e. The lowest BCUT2D eigenvalue weighted by Crippen LogP contribution is -2.59. The fourth-order valence-electron chi connectivity index (χ4n) is 8.56. The molecule has 5 rings (SSSR count). The number of nitrogens with one attached hydrogen (secondary N) is 7. The number of benzene rings is 4. The number of carbonyl (C=O) groups is 10. The summed E-state index contributed by atoms with van der Waals surface area (Å²) in [6.45, 7) is 2.43. The number of hydrogen-bond acceptors (Lipinski definition) is 12. The zero-order valence-corrected chi connectivity index (χ0v) is 42.9. The number of phenolic OH excluding ortho intramolecular Hbond substituents is 1. The van der Waals surface area contributed by atoms with Crippen molar-refractivity contribution in [1.82, 2.24) is 41.8 Å². The number of para-hydroxylation sites is 1. The number of rotatable bonds is 29. The lowest BCUT2D eigenvalue weighted by molar-refractivity contribution is -0.144. The van der Waals surface area contributed by atoms with Crippen molar-refractivity contribution in [3.05, 3.63) is 114 Å². The molecular weight excluding hydrogens is 997 g/mol. The van der Waals surface area contributed by atoms with Gasteiger partial charge in [-0.25, -0.2) is 0 Å². The van der Waals surface area contributed by atoms with Gasteiger partial charge in [-0.15, -0.1) is 0 Å². The third-order valence-electron chi connectivity index (χ3n) is 12.8. The topological polar surface area (TPSA) is 375 Å². The standard InChI is InChI=1S/C54H66N10O13/c1-4-5-17-44(53(76)63-42(27-47(69)70)52(75)61-40(48(56)71)25-33-13-10-12-32-11-6-7-14-36(32)33)64(3)54(77)43(26-34-28-57-39-16-9-8-15-37(34)39)60-45(66)29-58-51(74)41(24-31-18-20-35(65)21-19-31)62-49(72)30(2)59-50(73)38(55)22-23-46(67)68/h6-16,18-21,28,30,38,40-44,57,65H,4-5,17,22-27,29,55H2,1-3H3,(H2,56,71)(H,58,74)(H,59,73)(H,60,66)(H,61,75)(H,62,72)(H,63,76)(H,67,68)(H,69,70)/t30-,38+,40-,41-,42-,43-,44-/m0/s1. The number of amides is 8. The number of nitrogens with zero attached hydrogens (tertiary/aromatic N) is 1. The second-order valence-electron chi connectivity index (χ2n) is 18.7. The Kier molecular flexibility index (Phi) is 21.6. The third kappa shape index (κ3) is 17.4. The van der Waals surface area contributed by atoms with Gasteiger partial charge in [-0.3, -0.25) is 47.9 Å². The third-order valence-corrected chi connectivity index (χ3v) is 12.8. The number of phenols is 1. The first-order valence-electron chi connectivity index (χ1n) is 25.0. The van der Waals surface area contributed by atoms with Gasteiger partial charge in [0.1, 0.15) is 42.0 Å². The van der Waals surface area contributed by atoms with Crippen molar-refractivity contribution >= 4 is 80.9 Å². The Balaban J connectivity index is 1.34. The van der Waals surface area contributed by atoms with Gasteiger partial charge in [-0.2, -0.15) is 0 Å². The van der Waals surface area contributed by atoms with Gasteiger partial charge in [0.05, 0.1) is 19.0 Å². The van der Waals surface area contributed by atoms with Crippen LogP contribution in [0.25, 0.3) is 21.7 Å². The SMILES string of the molecule is CCCC[C@@H](C(=O)N[C@@H](CC(=O)O)C(=O)N[C@@H](Cc1cccc2ccccc12)C(N)=O)N(C)C(=O)[C@H](Cc1c[nH]c2ccccc12)NC(=O)CNC(=O)[C@H](Cc1ccc(O)cc1)NC(=O)[C@H](C)NC(=O)[C@H](N)CCC(=O)O. The predicted octanol–water partition coefficient (Wildman–Crippen LogP) is 0.784. The van der Waals surface area contributed by atoms with Crippen LogP contribution in [0.5, 0.6) is 5.75 Å². The molecule has 23 nitrogen and oxygen atoms in total. The van der Waals surface area contributed by atoms with Crippen LogP contribution in [0.1, 0.15) is 69.1 Å². The Hall–Kier alpha value is -8.86. The number of aromatic amines is 1. The maximum atomic E-state index is 14.8. The van der Waals surface area contributed by atoms with Crippen molar-refractivity contribution in [1.29, 1.82) is 0 Å². The molecule has 0 spiro atoms. The Morgan fingerprint density at radius 2 is 1.27 bits per heavy atom. The average Bonchev–Trinajstić information content (AvgIpc) is 3.81. The van der Waals surface area contributed by atoms with Crippen molar-refractivity contribution in [3.8, 4) is 5.75 Å². The predicted molar refractivity (Wildman–Crippen MR) is 282 cm³/mol. The van der Waals surface area contributed by atoms with Crippen molar-refractivity contribution in [2.75, 3.05) is 13.6 Å². The van der Waals surface area contributed by atoms with E-state index in [0.717, 1.165) is 21.2 Å². The molecule has 0 saturated carbocycles. The van der Waals surface area contributed by atoms with E-state index in [2.05, 4.69) is 36.9 Å². The lowest BCUT2D eigenvalue weighted by Gasteiger charge is -2.32. The lowest BCUT2D eigenvalue weighted by atomic mass is 9.98. The zero-order valence-electron chi connectivity index (χ0n) is 42.9. The summed E-state index contributed by atoms with van der Waals surface area (Å²) in [4.78, 5) is 137. The monoisotopic (exact) mass is 1060 g/mol. The Bertz CT molecular complexity index is 2940. The molecule has 0 fully saturated rings. The molecule has 0 radical (unpaired) electrons. The Labute approximate surface area is 443 Å².